The number of fused-ring (bicyclic) bond motifs is 1. The summed E-state index contributed by atoms with van der Waals surface area (Å²) in [4.78, 5) is 44.6. The number of aromatic nitrogens is 2. The van der Waals surface area contributed by atoms with E-state index < -0.39 is 5.97 Å². The van der Waals surface area contributed by atoms with Crippen molar-refractivity contribution < 1.29 is 14.3 Å². The van der Waals surface area contributed by atoms with Crippen molar-refractivity contribution in [1.29, 1.82) is 0 Å². The minimum absolute atomic E-state index is 0.151. The van der Waals surface area contributed by atoms with E-state index in [0.29, 0.717) is 10.2 Å². The van der Waals surface area contributed by atoms with Crippen LogP contribution in [-0.2, 0) is 20.9 Å². The Bertz CT molecular complexity index is 1100. The maximum Gasteiger partial charge on any atom is 0.326 e. The summed E-state index contributed by atoms with van der Waals surface area (Å²) in [6, 6.07) is 9.44. The van der Waals surface area contributed by atoms with Crippen molar-refractivity contribution in [3.63, 3.8) is 0 Å². The standard InChI is InChI=1S/C21H23N3O4S/c1-13-15(3)29-20-19(13)21(27)24(12-22-20)10-18(26)28-11-17(25)23(4)14(2)16-8-6-5-7-9-16/h5-9,12,14H,10-11H2,1-4H3/t14-/m0/s1. The van der Waals surface area contributed by atoms with Crippen LogP contribution >= 0.6 is 11.3 Å². The summed E-state index contributed by atoms with van der Waals surface area (Å²) in [6.07, 6.45) is 1.34. The van der Waals surface area contributed by atoms with Gasteiger partial charge in [-0.25, -0.2) is 4.98 Å². The third kappa shape index (κ3) is 4.37. The van der Waals surface area contributed by atoms with Gasteiger partial charge in [0.15, 0.2) is 6.61 Å². The number of carbonyl (C=O) groups is 2. The number of hydrogen-bond donors (Lipinski definition) is 0. The number of carbonyl (C=O) groups excluding carboxylic acids is 2. The molecule has 1 aromatic carbocycles. The van der Waals surface area contributed by atoms with Crippen LogP contribution in [0.4, 0.5) is 0 Å². The van der Waals surface area contributed by atoms with Crippen LogP contribution in [0.2, 0.25) is 0 Å². The third-order valence-corrected chi connectivity index (χ3v) is 6.18. The molecule has 0 unspecified atom stereocenters. The number of rotatable bonds is 6. The van der Waals surface area contributed by atoms with Gasteiger partial charge in [0.25, 0.3) is 11.5 Å². The molecule has 0 aliphatic rings. The highest BCUT2D eigenvalue weighted by atomic mass is 32.1. The molecule has 0 saturated heterocycles. The molecular weight excluding hydrogens is 390 g/mol. The Labute approximate surface area is 172 Å². The minimum Gasteiger partial charge on any atom is -0.454 e. The zero-order valence-corrected chi connectivity index (χ0v) is 17.7. The van der Waals surface area contributed by atoms with Crippen LogP contribution in [-0.4, -0.2) is 40.0 Å². The van der Waals surface area contributed by atoms with E-state index >= 15 is 0 Å². The molecule has 2 aromatic heterocycles. The van der Waals surface area contributed by atoms with E-state index in [4.69, 9.17) is 4.74 Å². The predicted molar refractivity (Wildman–Crippen MR) is 112 cm³/mol. The van der Waals surface area contributed by atoms with Crippen molar-refractivity contribution in [3.05, 3.63) is 63.0 Å². The van der Waals surface area contributed by atoms with E-state index in [1.165, 1.54) is 27.1 Å². The number of likely N-dealkylation sites (N-methyl/N-ethyl adjacent to an activating group) is 1. The van der Waals surface area contributed by atoms with Gasteiger partial charge in [0.1, 0.15) is 11.4 Å². The maximum atomic E-state index is 12.6. The third-order valence-electron chi connectivity index (χ3n) is 5.07. The average Bonchev–Trinajstić information content (AvgIpc) is 3.02. The summed E-state index contributed by atoms with van der Waals surface area (Å²) in [7, 11) is 1.66. The van der Waals surface area contributed by atoms with E-state index in [2.05, 4.69) is 4.98 Å². The van der Waals surface area contributed by atoms with E-state index in [-0.39, 0.29) is 30.7 Å². The summed E-state index contributed by atoms with van der Waals surface area (Å²) in [6.45, 7) is 5.02. The fourth-order valence-corrected chi connectivity index (χ4v) is 3.97. The molecule has 2 heterocycles. The Morgan fingerprint density at radius 2 is 1.93 bits per heavy atom. The van der Waals surface area contributed by atoms with Crippen molar-refractivity contribution >= 4 is 33.4 Å². The summed E-state index contributed by atoms with van der Waals surface area (Å²) < 4.78 is 6.32. The monoisotopic (exact) mass is 413 g/mol. The van der Waals surface area contributed by atoms with Gasteiger partial charge in [-0.05, 0) is 31.9 Å². The van der Waals surface area contributed by atoms with E-state index in [9.17, 15) is 14.4 Å². The van der Waals surface area contributed by atoms with Gasteiger partial charge in [0.05, 0.1) is 17.8 Å². The highest BCUT2D eigenvalue weighted by molar-refractivity contribution is 7.18. The molecule has 1 amide bonds. The van der Waals surface area contributed by atoms with Crippen LogP contribution in [0, 0.1) is 13.8 Å². The first-order valence-corrected chi connectivity index (χ1v) is 10.0. The van der Waals surface area contributed by atoms with Gasteiger partial charge in [-0.3, -0.25) is 19.0 Å². The molecule has 0 N–H and O–H groups in total. The topological polar surface area (TPSA) is 81.5 Å². The first-order chi connectivity index (χ1) is 13.8. The number of hydrogen-bond acceptors (Lipinski definition) is 6. The van der Waals surface area contributed by atoms with Crippen LogP contribution in [0.3, 0.4) is 0 Å². The molecule has 7 nitrogen and oxygen atoms in total. The Hall–Kier alpha value is -3.00. The molecule has 3 aromatic rings. The molecule has 0 aliphatic heterocycles. The number of esters is 1. The van der Waals surface area contributed by atoms with Gasteiger partial charge in [-0.2, -0.15) is 0 Å². The van der Waals surface area contributed by atoms with Crippen LogP contribution in [0.25, 0.3) is 10.2 Å². The predicted octanol–water partition coefficient (Wildman–Crippen LogP) is 2.84. The number of thiophene rings is 1. The molecule has 0 fully saturated rings. The Balaban J connectivity index is 1.62. The van der Waals surface area contributed by atoms with Gasteiger partial charge in [-0.15, -0.1) is 11.3 Å². The molecule has 0 saturated carbocycles. The fraction of sp³-hybridized carbons (Fsp3) is 0.333. The second-order valence-electron chi connectivity index (χ2n) is 6.89. The normalized spacial score (nSPS) is 12.0. The molecular formula is C21H23N3O4S. The number of benzene rings is 1. The molecule has 152 valence electrons. The Morgan fingerprint density at radius 1 is 1.24 bits per heavy atom. The zero-order chi connectivity index (χ0) is 21.1. The smallest absolute Gasteiger partial charge is 0.326 e. The lowest BCUT2D eigenvalue weighted by molar-refractivity contribution is -0.152. The fourth-order valence-electron chi connectivity index (χ4n) is 2.98. The zero-order valence-electron chi connectivity index (χ0n) is 16.8. The van der Waals surface area contributed by atoms with Crippen LogP contribution in [0.15, 0.2) is 41.5 Å². The molecule has 0 bridgehead atoms. The van der Waals surface area contributed by atoms with Crippen molar-refractivity contribution in [2.75, 3.05) is 13.7 Å². The maximum absolute atomic E-state index is 12.6. The van der Waals surface area contributed by atoms with Crippen molar-refractivity contribution in [3.8, 4) is 0 Å². The second-order valence-corrected chi connectivity index (χ2v) is 8.10. The van der Waals surface area contributed by atoms with Gasteiger partial charge in [0, 0.05) is 11.9 Å². The highest BCUT2D eigenvalue weighted by Crippen LogP contribution is 2.25. The summed E-state index contributed by atoms with van der Waals surface area (Å²) in [5.41, 5.74) is 1.58. The van der Waals surface area contributed by atoms with Crippen molar-refractivity contribution in [2.45, 2.75) is 33.4 Å². The van der Waals surface area contributed by atoms with E-state index in [1.807, 2.05) is 51.1 Å². The Kier molecular flexibility index (Phi) is 6.12. The molecule has 1 atom stereocenters. The summed E-state index contributed by atoms with van der Waals surface area (Å²) in [5.74, 6) is -0.980. The minimum atomic E-state index is -0.660. The number of nitrogens with zero attached hydrogens (tertiary/aromatic N) is 3. The second kappa shape index (κ2) is 8.57. The highest BCUT2D eigenvalue weighted by Gasteiger charge is 2.19. The molecule has 29 heavy (non-hydrogen) atoms. The van der Waals surface area contributed by atoms with E-state index in [1.54, 1.807) is 7.05 Å². The average molecular weight is 413 g/mol. The number of aryl methyl sites for hydroxylation is 2. The first-order valence-electron chi connectivity index (χ1n) is 9.21. The molecule has 0 spiro atoms. The lowest BCUT2D eigenvalue weighted by Gasteiger charge is -2.25. The lowest BCUT2D eigenvalue weighted by Crippen LogP contribution is -2.34. The first kappa shape index (κ1) is 20.7. The van der Waals surface area contributed by atoms with Gasteiger partial charge < -0.3 is 9.64 Å². The van der Waals surface area contributed by atoms with Crippen LogP contribution in [0.1, 0.15) is 29.0 Å². The number of amides is 1. The van der Waals surface area contributed by atoms with Gasteiger partial charge >= 0.3 is 5.97 Å². The quantitative estimate of drug-likeness (QED) is 0.581. The van der Waals surface area contributed by atoms with Crippen LogP contribution < -0.4 is 5.56 Å². The van der Waals surface area contributed by atoms with Crippen molar-refractivity contribution in [1.82, 2.24) is 14.5 Å². The van der Waals surface area contributed by atoms with E-state index in [0.717, 1.165) is 16.0 Å². The largest absolute Gasteiger partial charge is 0.454 e. The molecule has 3 rings (SSSR count). The summed E-state index contributed by atoms with van der Waals surface area (Å²) >= 11 is 1.45. The SMILES string of the molecule is Cc1sc2ncn(CC(=O)OCC(=O)N(C)[C@@H](C)c3ccccc3)c(=O)c2c1C. The van der Waals surface area contributed by atoms with Crippen molar-refractivity contribution in [2.24, 2.45) is 0 Å². The summed E-state index contributed by atoms with van der Waals surface area (Å²) in [5, 5.41) is 0.523. The molecule has 0 aliphatic carbocycles. The van der Waals surface area contributed by atoms with Gasteiger partial charge in [-0.1, -0.05) is 30.3 Å². The molecule has 8 heteroatoms. The van der Waals surface area contributed by atoms with Crippen LogP contribution in [0.5, 0.6) is 0 Å². The van der Waals surface area contributed by atoms with Gasteiger partial charge in [0.2, 0.25) is 0 Å². The molecule has 0 radical (unpaired) electrons. The lowest BCUT2D eigenvalue weighted by atomic mass is 10.1. The Morgan fingerprint density at radius 3 is 2.62 bits per heavy atom. The number of ether oxygens (including phenoxy) is 1.